The maximum atomic E-state index is 12.1. The number of amides is 1. The molecule has 1 amide bonds. The Morgan fingerprint density at radius 3 is 2.56 bits per heavy atom. The van der Waals surface area contributed by atoms with Gasteiger partial charge in [-0.05, 0) is 36.8 Å². The Morgan fingerprint density at radius 1 is 1.22 bits per heavy atom. The van der Waals surface area contributed by atoms with E-state index in [1.165, 1.54) is 5.69 Å². The van der Waals surface area contributed by atoms with Crippen LogP contribution in [0, 0.1) is 0 Å². The number of carbonyl (C=O) groups excluding carboxylic acids is 1. The molecule has 0 aliphatic heterocycles. The number of rotatable bonds is 8. The third-order valence-electron chi connectivity index (χ3n) is 4.17. The Hall–Kier alpha value is -2.96. The van der Waals surface area contributed by atoms with Gasteiger partial charge >= 0.3 is 0 Å². The molecule has 0 spiro atoms. The van der Waals surface area contributed by atoms with E-state index in [0.29, 0.717) is 19.0 Å². The Bertz CT molecular complexity index is 752. The van der Waals surface area contributed by atoms with Crippen molar-refractivity contribution in [3.05, 3.63) is 53.9 Å². The van der Waals surface area contributed by atoms with Gasteiger partial charge in [-0.2, -0.15) is 0 Å². The molecule has 2 rings (SSSR count). The number of hydrogen-bond donors (Lipinski definition) is 2. The number of nitrogens with one attached hydrogen (secondary N) is 2. The molecule has 2 aromatic rings. The molecule has 0 aliphatic rings. The first-order valence-electron chi connectivity index (χ1n) is 9.02. The molecule has 0 atom stereocenters. The van der Waals surface area contributed by atoms with E-state index in [1.807, 2.05) is 62.4 Å². The summed E-state index contributed by atoms with van der Waals surface area (Å²) in [6.45, 7) is 4.01. The van der Waals surface area contributed by atoms with Crippen LogP contribution in [0.15, 0.2) is 47.6 Å². The van der Waals surface area contributed by atoms with Crippen LogP contribution in [-0.2, 0) is 24.9 Å². The summed E-state index contributed by atoms with van der Waals surface area (Å²) in [6, 6.07) is 11.7. The zero-order valence-electron chi connectivity index (χ0n) is 16.5. The van der Waals surface area contributed by atoms with Crippen molar-refractivity contribution in [1.29, 1.82) is 0 Å². The smallest absolute Gasteiger partial charge is 0.242 e. The average molecular weight is 371 g/mol. The van der Waals surface area contributed by atoms with Gasteiger partial charge in [-0.1, -0.05) is 12.1 Å². The van der Waals surface area contributed by atoms with Crippen molar-refractivity contribution in [2.24, 2.45) is 12.0 Å². The van der Waals surface area contributed by atoms with Crippen LogP contribution < -0.4 is 15.4 Å². The number of ether oxygens (including phenoxy) is 1. The molecule has 146 valence electrons. The van der Waals surface area contributed by atoms with Gasteiger partial charge in [-0.3, -0.25) is 4.79 Å². The van der Waals surface area contributed by atoms with Crippen molar-refractivity contribution >= 4 is 11.9 Å². The standard InChI is InChI=1S/C20H29N5O2/c1-5-21-20(25(3)15-17-7-6-12-24(17)2)23-14-19(26)22-13-16-8-10-18(27-4)11-9-16/h6-12H,5,13-15H2,1-4H3,(H,21,23)(H,22,26). The minimum atomic E-state index is -0.117. The predicted octanol–water partition coefficient (Wildman–Crippen LogP) is 1.75. The van der Waals surface area contributed by atoms with E-state index in [9.17, 15) is 4.79 Å². The zero-order valence-corrected chi connectivity index (χ0v) is 16.5. The summed E-state index contributed by atoms with van der Waals surface area (Å²) in [5.41, 5.74) is 2.19. The van der Waals surface area contributed by atoms with Gasteiger partial charge in [0.1, 0.15) is 12.3 Å². The molecule has 0 fully saturated rings. The minimum Gasteiger partial charge on any atom is -0.497 e. The lowest BCUT2D eigenvalue weighted by atomic mass is 10.2. The van der Waals surface area contributed by atoms with E-state index >= 15 is 0 Å². The molecule has 7 nitrogen and oxygen atoms in total. The highest BCUT2D eigenvalue weighted by Gasteiger charge is 2.09. The van der Waals surface area contributed by atoms with E-state index in [0.717, 1.165) is 17.9 Å². The second-order valence-electron chi connectivity index (χ2n) is 6.26. The van der Waals surface area contributed by atoms with Crippen molar-refractivity contribution in [1.82, 2.24) is 20.1 Å². The fourth-order valence-electron chi connectivity index (χ4n) is 2.59. The molecule has 1 aromatic carbocycles. The molecular weight excluding hydrogens is 342 g/mol. The largest absolute Gasteiger partial charge is 0.497 e. The van der Waals surface area contributed by atoms with Crippen molar-refractivity contribution < 1.29 is 9.53 Å². The molecule has 0 radical (unpaired) electrons. The number of nitrogens with zero attached hydrogens (tertiary/aromatic N) is 3. The number of guanidine groups is 1. The minimum absolute atomic E-state index is 0.0793. The van der Waals surface area contributed by atoms with Gasteiger partial charge in [-0.15, -0.1) is 0 Å². The molecule has 27 heavy (non-hydrogen) atoms. The van der Waals surface area contributed by atoms with Gasteiger partial charge < -0.3 is 24.8 Å². The quantitative estimate of drug-likeness (QED) is 0.548. The van der Waals surface area contributed by atoms with Crippen molar-refractivity contribution in [2.45, 2.75) is 20.0 Å². The highest BCUT2D eigenvalue weighted by Crippen LogP contribution is 2.10. The van der Waals surface area contributed by atoms with E-state index in [1.54, 1.807) is 7.11 Å². The third-order valence-corrected chi connectivity index (χ3v) is 4.17. The van der Waals surface area contributed by atoms with Gasteiger partial charge in [0.2, 0.25) is 5.91 Å². The van der Waals surface area contributed by atoms with Gasteiger partial charge in [-0.25, -0.2) is 4.99 Å². The summed E-state index contributed by atoms with van der Waals surface area (Å²) in [4.78, 5) is 18.6. The van der Waals surface area contributed by atoms with Gasteiger partial charge in [0.05, 0.1) is 13.7 Å². The Balaban J connectivity index is 1.88. The topological polar surface area (TPSA) is 70.9 Å². The van der Waals surface area contributed by atoms with Crippen LogP contribution in [-0.4, -0.2) is 48.6 Å². The maximum absolute atomic E-state index is 12.1. The van der Waals surface area contributed by atoms with Crippen LogP contribution in [0.25, 0.3) is 0 Å². The lowest BCUT2D eigenvalue weighted by Gasteiger charge is -2.22. The summed E-state index contributed by atoms with van der Waals surface area (Å²) >= 11 is 0. The fourth-order valence-corrected chi connectivity index (χ4v) is 2.59. The van der Waals surface area contributed by atoms with E-state index < -0.39 is 0 Å². The van der Waals surface area contributed by atoms with Crippen molar-refractivity contribution in [2.75, 3.05) is 27.2 Å². The monoisotopic (exact) mass is 371 g/mol. The third kappa shape index (κ3) is 6.36. The Morgan fingerprint density at radius 2 is 1.96 bits per heavy atom. The summed E-state index contributed by atoms with van der Waals surface area (Å²) in [7, 11) is 5.61. The average Bonchev–Trinajstić information content (AvgIpc) is 3.08. The second-order valence-corrected chi connectivity index (χ2v) is 6.26. The normalized spacial score (nSPS) is 11.2. The number of aryl methyl sites for hydroxylation is 1. The highest BCUT2D eigenvalue weighted by molar-refractivity contribution is 5.84. The Kier molecular flexibility index (Phi) is 7.73. The van der Waals surface area contributed by atoms with Crippen LogP contribution >= 0.6 is 0 Å². The SMILES string of the molecule is CCNC(=NCC(=O)NCc1ccc(OC)cc1)N(C)Cc1cccn1C. The van der Waals surface area contributed by atoms with Crippen molar-refractivity contribution in [3.63, 3.8) is 0 Å². The fraction of sp³-hybridized carbons (Fsp3) is 0.400. The lowest BCUT2D eigenvalue weighted by Crippen LogP contribution is -2.39. The van der Waals surface area contributed by atoms with Gasteiger partial charge in [0.15, 0.2) is 5.96 Å². The molecular formula is C20H29N5O2. The molecule has 1 heterocycles. The molecule has 0 bridgehead atoms. The molecule has 0 saturated heterocycles. The molecule has 7 heteroatoms. The lowest BCUT2D eigenvalue weighted by molar-refractivity contribution is -0.119. The molecule has 0 saturated carbocycles. The first kappa shape index (κ1) is 20.4. The van der Waals surface area contributed by atoms with Crippen LogP contribution in [0.3, 0.4) is 0 Å². The summed E-state index contributed by atoms with van der Waals surface area (Å²) in [6.07, 6.45) is 2.01. The first-order chi connectivity index (χ1) is 13.0. The molecule has 2 N–H and O–H groups in total. The van der Waals surface area contributed by atoms with Crippen LogP contribution in [0.4, 0.5) is 0 Å². The van der Waals surface area contributed by atoms with Crippen molar-refractivity contribution in [3.8, 4) is 5.75 Å². The van der Waals surface area contributed by atoms with Crippen LogP contribution in [0.5, 0.6) is 5.75 Å². The van der Waals surface area contributed by atoms with E-state index in [2.05, 4.69) is 26.3 Å². The molecule has 0 unspecified atom stereocenters. The first-order valence-corrected chi connectivity index (χ1v) is 9.02. The van der Waals surface area contributed by atoms with Gasteiger partial charge in [0, 0.05) is 39.1 Å². The number of hydrogen-bond acceptors (Lipinski definition) is 3. The summed E-state index contributed by atoms with van der Waals surface area (Å²) < 4.78 is 7.20. The number of aromatic nitrogens is 1. The van der Waals surface area contributed by atoms with E-state index in [4.69, 9.17) is 4.74 Å². The molecule has 1 aromatic heterocycles. The Labute approximate surface area is 161 Å². The highest BCUT2D eigenvalue weighted by atomic mass is 16.5. The summed E-state index contributed by atoms with van der Waals surface area (Å²) in [5.74, 6) is 1.39. The predicted molar refractivity (Wildman–Crippen MR) is 108 cm³/mol. The zero-order chi connectivity index (χ0) is 19.6. The number of methoxy groups -OCH3 is 1. The molecule has 0 aliphatic carbocycles. The van der Waals surface area contributed by atoms with E-state index in [-0.39, 0.29) is 12.5 Å². The number of benzene rings is 1. The van der Waals surface area contributed by atoms with Crippen LogP contribution in [0.2, 0.25) is 0 Å². The second kappa shape index (κ2) is 10.3. The summed E-state index contributed by atoms with van der Waals surface area (Å²) in [5, 5.41) is 6.12. The van der Waals surface area contributed by atoms with Crippen LogP contribution in [0.1, 0.15) is 18.2 Å². The number of aliphatic imine (C=N–C) groups is 1. The maximum Gasteiger partial charge on any atom is 0.242 e. The van der Waals surface area contributed by atoms with Gasteiger partial charge in [0.25, 0.3) is 0 Å². The number of carbonyl (C=O) groups is 1.